The molecule has 0 radical (unpaired) electrons. The Morgan fingerprint density at radius 3 is 2.62 bits per heavy atom. The Morgan fingerprint density at radius 2 is 1.90 bits per heavy atom. The molecule has 21 heavy (non-hydrogen) atoms. The first-order chi connectivity index (χ1) is 10.0. The van der Waals surface area contributed by atoms with Gasteiger partial charge in [0.2, 0.25) is 5.91 Å². The van der Waals surface area contributed by atoms with Gasteiger partial charge in [0.1, 0.15) is 0 Å². The summed E-state index contributed by atoms with van der Waals surface area (Å²) >= 11 is 0. The summed E-state index contributed by atoms with van der Waals surface area (Å²) in [5.74, 6) is 0.761. The molecular weight excluding hydrogens is 260 g/mol. The first kappa shape index (κ1) is 14.6. The number of carbonyl (C=O) groups excluding carboxylic acids is 1. The van der Waals surface area contributed by atoms with E-state index in [1.807, 2.05) is 30.9 Å². The Labute approximate surface area is 127 Å². The highest BCUT2D eigenvalue weighted by Crippen LogP contribution is 2.41. The molecule has 3 rings (SSSR count). The molecule has 1 amide bonds. The summed E-state index contributed by atoms with van der Waals surface area (Å²) in [6.45, 7) is 4.69. The van der Waals surface area contributed by atoms with Crippen LogP contribution in [0.4, 0.5) is 5.69 Å². The molecule has 0 bridgehead atoms. The van der Waals surface area contributed by atoms with Gasteiger partial charge in [0.05, 0.1) is 5.41 Å². The molecule has 1 unspecified atom stereocenters. The fraction of sp³-hybridized carbons (Fsp3) is 0.611. The highest BCUT2D eigenvalue weighted by atomic mass is 16.2. The number of anilines is 1. The number of hydrogen-bond donors (Lipinski definition) is 1. The quantitative estimate of drug-likeness (QED) is 0.927. The Balaban J connectivity index is 1.81. The smallest absolute Gasteiger partial charge is 0.237 e. The number of rotatable bonds is 3. The maximum absolute atomic E-state index is 12.8. The molecular formula is C18H26N2O. The van der Waals surface area contributed by atoms with Gasteiger partial charge in [-0.2, -0.15) is 0 Å². The molecule has 0 spiro atoms. The van der Waals surface area contributed by atoms with E-state index < -0.39 is 5.41 Å². The highest BCUT2D eigenvalue weighted by Gasteiger charge is 2.44. The van der Waals surface area contributed by atoms with Crippen LogP contribution in [0.15, 0.2) is 24.3 Å². The highest BCUT2D eigenvalue weighted by molar-refractivity contribution is 6.07. The lowest BCUT2D eigenvalue weighted by atomic mass is 9.84. The van der Waals surface area contributed by atoms with Crippen LogP contribution < -0.4 is 10.6 Å². The SMILES string of the molecule is CC1(C)C(=O)N(CC(N)C2CCCCC2)c2ccccc21. The number of carbonyl (C=O) groups is 1. The fourth-order valence-corrected chi connectivity index (χ4v) is 3.90. The van der Waals surface area contributed by atoms with E-state index >= 15 is 0 Å². The van der Waals surface area contributed by atoms with Crippen LogP contribution in [0, 0.1) is 5.92 Å². The summed E-state index contributed by atoms with van der Waals surface area (Å²) in [5.41, 5.74) is 8.20. The number of hydrogen-bond acceptors (Lipinski definition) is 2. The normalized spacial score (nSPS) is 23.2. The van der Waals surface area contributed by atoms with Crippen molar-refractivity contribution in [2.24, 2.45) is 11.7 Å². The third kappa shape index (κ3) is 2.48. The predicted molar refractivity (Wildman–Crippen MR) is 86.4 cm³/mol. The molecule has 114 valence electrons. The molecule has 1 heterocycles. The second-order valence-corrected chi connectivity index (χ2v) is 7.12. The molecule has 2 N–H and O–H groups in total. The van der Waals surface area contributed by atoms with Crippen molar-refractivity contribution in [1.82, 2.24) is 0 Å². The summed E-state index contributed by atoms with van der Waals surface area (Å²) in [5, 5.41) is 0. The van der Waals surface area contributed by atoms with Crippen molar-refractivity contribution >= 4 is 11.6 Å². The van der Waals surface area contributed by atoms with Crippen LogP contribution in [0.2, 0.25) is 0 Å². The molecule has 0 aromatic heterocycles. The van der Waals surface area contributed by atoms with Gasteiger partial charge in [-0.25, -0.2) is 0 Å². The molecule has 1 saturated carbocycles. The molecule has 1 aromatic carbocycles. The van der Waals surface area contributed by atoms with Crippen molar-refractivity contribution in [1.29, 1.82) is 0 Å². The Bertz CT molecular complexity index is 532. The van der Waals surface area contributed by atoms with Gasteiger partial charge >= 0.3 is 0 Å². The summed E-state index contributed by atoms with van der Waals surface area (Å²) in [7, 11) is 0. The molecule has 1 aliphatic carbocycles. The van der Waals surface area contributed by atoms with E-state index in [4.69, 9.17) is 5.73 Å². The van der Waals surface area contributed by atoms with E-state index in [1.165, 1.54) is 32.1 Å². The average molecular weight is 286 g/mol. The van der Waals surface area contributed by atoms with E-state index in [0.717, 1.165) is 11.3 Å². The summed E-state index contributed by atoms with van der Waals surface area (Å²) < 4.78 is 0. The minimum atomic E-state index is -0.428. The Morgan fingerprint density at radius 1 is 1.24 bits per heavy atom. The van der Waals surface area contributed by atoms with Crippen LogP contribution in [0.25, 0.3) is 0 Å². The first-order valence-electron chi connectivity index (χ1n) is 8.19. The molecule has 3 heteroatoms. The van der Waals surface area contributed by atoms with Gasteiger partial charge in [0.15, 0.2) is 0 Å². The molecule has 1 fully saturated rings. The lowest BCUT2D eigenvalue weighted by Gasteiger charge is -2.31. The third-order valence-corrected chi connectivity index (χ3v) is 5.30. The largest absolute Gasteiger partial charge is 0.326 e. The van der Waals surface area contributed by atoms with Gasteiger partial charge in [0.25, 0.3) is 0 Å². The molecule has 3 nitrogen and oxygen atoms in total. The van der Waals surface area contributed by atoms with Crippen LogP contribution in [-0.2, 0) is 10.2 Å². The summed E-state index contributed by atoms with van der Waals surface area (Å²) in [4.78, 5) is 14.7. The second kappa shape index (κ2) is 5.45. The van der Waals surface area contributed by atoms with E-state index in [-0.39, 0.29) is 11.9 Å². The van der Waals surface area contributed by atoms with Gasteiger partial charge in [0, 0.05) is 18.3 Å². The molecule has 1 atom stereocenters. The monoisotopic (exact) mass is 286 g/mol. The molecule has 1 aromatic rings. The minimum Gasteiger partial charge on any atom is -0.326 e. The number of benzene rings is 1. The molecule has 0 saturated heterocycles. The van der Waals surface area contributed by atoms with E-state index in [2.05, 4.69) is 12.1 Å². The maximum atomic E-state index is 12.8. The zero-order valence-corrected chi connectivity index (χ0v) is 13.1. The van der Waals surface area contributed by atoms with Gasteiger partial charge in [-0.05, 0) is 44.2 Å². The number of amides is 1. The van der Waals surface area contributed by atoms with E-state index in [0.29, 0.717) is 12.5 Å². The van der Waals surface area contributed by atoms with Gasteiger partial charge in [-0.15, -0.1) is 0 Å². The fourth-order valence-electron chi connectivity index (χ4n) is 3.90. The Hall–Kier alpha value is -1.35. The number of para-hydroxylation sites is 1. The van der Waals surface area contributed by atoms with Crippen LogP contribution >= 0.6 is 0 Å². The van der Waals surface area contributed by atoms with Crippen molar-refractivity contribution < 1.29 is 4.79 Å². The van der Waals surface area contributed by atoms with Gasteiger partial charge in [-0.3, -0.25) is 4.79 Å². The van der Waals surface area contributed by atoms with Crippen molar-refractivity contribution in [3.05, 3.63) is 29.8 Å². The van der Waals surface area contributed by atoms with Crippen molar-refractivity contribution in [3.63, 3.8) is 0 Å². The number of nitrogens with zero attached hydrogens (tertiary/aromatic N) is 1. The molecule has 2 aliphatic rings. The average Bonchev–Trinajstić information content (AvgIpc) is 2.70. The predicted octanol–water partition coefficient (Wildman–Crippen LogP) is 3.22. The van der Waals surface area contributed by atoms with Crippen molar-refractivity contribution in [2.75, 3.05) is 11.4 Å². The number of fused-ring (bicyclic) bond motifs is 1. The van der Waals surface area contributed by atoms with Crippen LogP contribution in [-0.4, -0.2) is 18.5 Å². The topological polar surface area (TPSA) is 46.3 Å². The zero-order chi connectivity index (χ0) is 15.0. The van der Waals surface area contributed by atoms with Crippen LogP contribution in [0.1, 0.15) is 51.5 Å². The van der Waals surface area contributed by atoms with Crippen LogP contribution in [0.5, 0.6) is 0 Å². The van der Waals surface area contributed by atoms with Crippen LogP contribution in [0.3, 0.4) is 0 Å². The third-order valence-electron chi connectivity index (χ3n) is 5.30. The van der Waals surface area contributed by atoms with E-state index in [1.54, 1.807) is 0 Å². The lowest BCUT2D eigenvalue weighted by Crippen LogP contribution is -2.46. The zero-order valence-electron chi connectivity index (χ0n) is 13.1. The summed E-state index contributed by atoms with van der Waals surface area (Å²) in [6.07, 6.45) is 6.34. The minimum absolute atomic E-state index is 0.0937. The Kier molecular flexibility index (Phi) is 3.78. The van der Waals surface area contributed by atoms with Gasteiger partial charge in [-0.1, -0.05) is 37.5 Å². The van der Waals surface area contributed by atoms with Crippen molar-refractivity contribution in [3.8, 4) is 0 Å². The lowest BCUT2D eigenvalue weighted by molar-refractivity contribution is -0.122. The van der Waals surface area contributed by atoms with Crippen molar-refractivity contribution in [2.45, 2.75) is 57.4 Å². The van der Waals surface area contributed by atoms with Gasteiger partial charge < -0.3 is 10.6 Å². The molecule has 1 aliphatic heterocycles. The standard InChI is InChI=1S/C18H26N2O/c1-18(2)14-10-6-7-11-16(14)20(17(18)21)12-15(19)13-8-4-3-5-9-13/h6-7,10-11,13,15H,3-5,8-9,12,19H2,1-2H3. The maximum Gasteiger partial charge on any atom is 0.237 e. The number of nitrogens with two attached hydrogens (primary N) is 1. The summed E-state index contributed by atoms with van der Waals surface area (Å²) in [6, 6.07) is 8.23. The second-order valence-electron chi connectivity index (χ2n) is 7.12. The first-order valence-corrected chi connectivity index (χ1v) is 8.19. The van der Waals surface area contributed by atoms with E-state index in [9.17, 15) is 4.79 Å².